The van der Waals surface area contributed by atoms with Crippen molar-refractivity contribution in [2.24, 2.45) is 0 Å². The minimum Gasteiger partial charge on any atom is -0.454 e. The van der Waals surface area contributed by atoms with E-state index in [9.17, 15) is 0 Å². The number of furan rings is 2. The van der Waals surface area contributed by atoms with E-state index >= 15 is 0 Å². The summed E-state index contributed by atoms with van der Waals surface area (Å²) in [6.07, 6.45) is 0. The molecule has 3 heterocycles. The van der Waals surface area contributed by atoms with Crippen molar-refractivity contribution in [2.75, 3.05) is 4.90 Å². The maximum absolute atomic E-state index is 6.71. The fourth-order valence-electron chi connectivity index (χ4n) is 9.05. The zero-order valence-corrected chi connectivity index (χ0v) is 31.3. The second kappa shape index (κ2) is 12.9. The molecule has 0 atom stereocenters. The quantitative estimate of drug-likeness (QED) is 0.170. The average molecular weight is 743 g/mol. The summed E-state index contributed by atoms with van der Waals surface area (Å²) < 4.78 is 15.6. The molecule has 0 spiro atoms. The molecule has 0 fully saturated rings. The van der Waals surface area contributed by atoms with Crippen LogP contribution in [0.1, 0.15) is 0 Å². The third-order valence-electron chi connectivity index (χ3n) is 11.6. The first-order valence-corrected chi connectivity index (χ1v) is 19.7. The lowest BCUT2D eigenvalue weighted by atomic mass is 9.96. The lowest BCUT2D eigenvalue weighted by Crippen LogP contribution is -2.11. The predicted octanol–water partition coefficient (Wildman–Crippen LogP) is 15.4. The van der Waals surface area contributed by atoms with Gasteiger partial charge in [0.15, 0.2) is 5.58 Å². The highest BCUT2D eigenvalue weighted by Gasteiger charge is 2.24. The number of hydrogen-bond acceptors (Lipinski definition) is 3. The van der Waals surface area contributed by atoms with Gasteiger partial charge in [0.2, 0.25) is 5.71 Å². The number of aromatic nitrogens is 1. The maximum Gasteiger partial charge on any atom is 0.213 e. The van der Waals surface area contributed by atoms with Crippen LogP contribution in [-0.4, -0.2) is 4.57 Å². The van der Waals surface area contributed by atoms with Crippen molar-refractivity contribution in [3.63, 3.8) is 0 Å². The van der Waals surface area contributed by atoms with Gasteiger partial charge >= 0.3 is 0 Å². The van der Waals surface area contributed by atoms with Crippen LogP contribution in [0.5, 0.6) is 0 Å². The van der Waals surface area contributed by atoms with Gasteiger partial charge in [-0.05, 0) is 70.6 Å². The highest BCUT2D eigenvalue weighted by molar-refractivity contribution is 6.22. The van der Waals surface area contributed by atoms with Crippen LogP contribution in [0, 0.1) is 0 Å². The number of fused-ring (bicyclic) bond motifs is 9. The highest BCUT2D eigenvalue weighted by Crippen LogP contribution is 2.47. The van der Waals surface area contributed by atoms with Crippen LogP contribution < -0.4 is 4.90 Å². The minimum absolute atomic E-state index is 0.849. The summed E-state index contributed by atoms with van der Waals surface area (Å²) >= 11 is 0. The first-order chi connectivity index (χ1) is 28.8. The van der Waals surface area contributed by atoms with Crippen LogP contribution in [0.2, 0.25) is 0 Å². The normalized spacial score (nSPS) is 11.8. The van der Waals surface area contributed by atoms with Crippen molar-refractivity contribution in [1.82, 2.24) is 4.57 Å². The van der Waals surface area contributed by atoms with E-state index in [0.29, 0.717) is 0 Å². The number of para-hydroxylation sites is 5. The van der Waals surface area contributed by atoms with E-state index in [2.05, 4.69) is 198 Å². The van der Waals surface area contributed by atoms with E-state index in [1.165, 1.54) is 16.5 Å². The third-order valence-corrected chi connectivity index (χ3v) is 11.6. The van der Waals surface area contributed by atoms with Crippen LogP contribution in [0.15, 0.2) is 215 Å². The van der Waals surface area contributed by atoms with Crippen LogP contribution in [0.4, 0.5) is 17.1 Å². The molecular formula is C54H34N2O2. The third kappa shape index (κ3) is 4.88. The molecule has 0 aliphatic carbocycles. The summed E-state index contributed by atoms with van der Waals surface area (Å²) in [5, 5.41) is 7.94. The second-order valence-electron chi connectivity index (χ2n) is 14.8. The van der Waals surface area contributed by atoms with Crippen LogP contribution in [-0.2, 0) is 0 Å². The zero-order chi connectivity index (χ0) is 38.2. The average Bonchev–Trinajstić information content (AvgIpc) is 3.97. The Morgan fingerprint density at radius 2 is 0.966 bits per heavy atom. The van der Waals surface area contributed by atoms with Crippen LogP contribution in [0.25, 0.3) is 93.6 Å². The van der Waals surface area contributed by atoms with Gasteiger partial charge in [0.25, 0.3) is 0 Å². The van der Waals surface area contributed by atoms with Crippen LogP contribution >= 0.6 is 0 Å². The van der Waals surface area contributed by atoms with E-state index in [-0.39, 0.29) is 0 Å². The molecule has 0 unspecified atom stereocenters. The van der Waals surface area contributed by atoms with Gasteiger partial charge in [-0.2, -0.15) is 0 Å². The molecule has 0 amide bonds. The molecule has 0 aliphatic heterocycles. The van der Waals surface area contributed by atoms with Crippen molar-refractivity contribution in [3.8, 4) is 27.9 Å². The standard InChI is InChI=1S/C54H34N2O2/c1-3-15-35(16-4-1)39-33-34-47(42-20-8-7-19-41(39)42)55(48-26-14-24-44-43-21-9-11-27-49(43)57-53(44)48)38-31-29-36(30-32-38)40-23-13-25-46-51-45-22-10-12-28-50(45)58-54(51)56(52(40)46)37-17-5-2-6-18-37/h1-34H. The Morgan fingerprint density at radius 3 is 1.76 bits per heavy atom. The molecule has 12 aromatic rings. The summed E-state index contributed by atoms with van der Waals surface area (Å²) in [6, 6.07) is 73.1. The molecule has 272 valence electrons. The molecule has 0 bridgehead atoms. The molecule has 12 rings (SSSR count). The fourth-order valence-corrected chi connectivity index (χ4v) is 9.05. The van der Waals surface area contributed by atoms with Crippen molar-refractivity contribution in [1.29, 1.82) is 0 Å². The molecule has 9 aromatic carbocycles. The molecule has 58 heavy (non-hydrogen) atoms. The Labute approximate surface area is 334 Å². The van der Waals surface area contributed by atoms with Gasteiger partial charge in [0.05, 0.1) is 22.3 Å². The Balaban J connectivity index is 1.08. The Bertz CT molecular complexity index is 3500. The van der Waals surface area contributed by atoms with E-state index in [0.717, 1.165) is 94.2 Å². The van der Waals surface area contributed by atoms with Gasteiger partial charge < -0.3 is 13.7 Å². The maximum atomic E-state index is 6.71. The summed E-state index contributed by atoms with van der Waals surface area (Å²) in [7, 11) is 0. The number of nitrogens with zero attached hydrogens (tertiary/aromatic N) is 2. The molecule has 0 saturated heterocycles. The number of hydrogen-bond donors (Lipinski definition) is 0. The zero-order valence-electron chi connectivity index (χ0n) is 31.3. The largest absolute Gasteiger partial charge is 0.454 e. The first kappa shape index (κ1) is 32.4. The van der Waals surface area contributed by atoms with E-state index < -0.39 is 0 Å². The Hall–Kier alpha value is -7.82. The summed E-state index contributed by atoms with van der Waals surface area (Å²) in [5.74, 6) is 0. The minimum atomic E-state index is 0.849. The van der Waals surface area contributed by atoms with Gasteiger partial charge in [0, 0.05) is 43.9 Å². The second-order valence-corrected chi connectivity index (χ2v) is 14.8. The van der Waals surface area contributed by atoms with E-state index in [4.69, 9.17) is 8.83 Å². The lowest BCUT2D eigenvalue weighted by Gasteiger charge is -2.28. The van der Waals surface area contributed by atoms with Gasteiger partial charge in [-0.25, -0.2) is 0 Å². The summed E-state index contributed by atoms with van der Waals surface area (Å²) in [4.78, 5) is 2.36. The van der Waals surface area contributed by atoms with Crippen molar-refractivity contribution >= 4 is 82.7 Å². The molecule has 4 heteroatoms. The molecule has 3 aromatic heterocycles. The van der Waals surface area contributed by atoms with Crippen molar-refractivity contribution in [3.05, 3.63) is 206 Å². The number of anilines is 3. The Morgan fingerprint density at radius 1 is 0.362 bits per heavy atom. The van der Waals surface area contributed by atoms with Gasteiger partial charge in [-0.3, -0.25) is 4.57 Å². The fraction of sp³-hybridized carbons (Fsp3) is 0. The highest BCUT2D eigenvalue weighted by atomic mass is 16.3. The van der Waals surface area contributed by atoms with Crippen molar-refractivity contribution in [2.45, 2.75) is 0 Å². The monoisotopic (exact) mass is 742 g/mol. The van der Waals surface area contributed by atoms with E-state index in [1.807, 2.05) is 18.2 Å². The lowest BCUT2D eigenvalue weighted by molar-refractivity contribution is 0.645. The molecule has 0 N–H and O–H groups in total. The van der Waals surface area contributed by atoms with Crippen LogP contribution in [0.3, 0.4) is 0 Å². The number of benzene rings is 9. The molecule has 0 saturated carbocycles. The first-order valence-electron chi connectivity index (χ1n) is 19.7. The van der Waals surface area contributed by atoms with Crippen molar-refractivity contribution < 1.29 is 8.83 Å². The molecule has 0 aliphatic rings. The van der Waals surface area contributed by atoms with Gasteiger partial charge in [0.1, 0.15) is 11.2 Å². The molecule has 4 nitrogen and oxygen atoms in total. The topological polar surface area (TPSA) is 34.5 Å². The molecular weight excluding hydrogens is 709 g/mol. The Kier molecular flexibility index (Phi) is 7.20. The smallest absolute Gasteiger partial charge is 0.213 e. The van der Waals surface area contributed by atoms with E-state index in [1.54, 1.807) is 0 Å². The SMILES string of the molecule is c1ccc(-c2ccc(N(c3ccc(-c4cccc5c6c7ccccc7oc6n(-c6ccccc6)c45)cc3)c3cccc4c3oc3ccccc34)c3ccccc23)cc1. The summed E-state index contributed by atoms with van der Waals surface area (Å²) in [5.41, 5.74) is 13.3. The molecule has 0 radical (unpaired) electrons. The van der Waals surface area contributed by atoms with Gasteiger partial charge in [-0.1, -0.05) is 158 Å². The van der Waals surface area contributed by atoms with Gasteiger partial charge in [-0.15, -0.1) is 0 Å². The summed E-state index contributed by atoms with van der Waals surface area (Å²) in [6.45, 7) is 0. The number of rotatable bonds is 6. The predicted molar refractivity (Wildman–Crippen MR) is 241 cm³/mol.